The second-order valence-corrected chi connectivity index (χ2v) is 4.21. The first kappa shape index (κ1) is 14.4. The van der Waals surface area contributed by atoms with Crippen molar-refractivity contribution in [3.8, 4) is 0 Å². The summed E-state index contributed by atoms with van der Waals surface area (Å²) in [4.78, 5) is 24.8. The SMILES string of the molecule is C=CCC(CC=C)C(=O)N1CCOCC1C(=O)O. The zero-order valence-corrected chi connectivity index (χ0v) is 10.4. The summed E-state index contributed by atoms with van der Waals surface area (Å²) >= 11 is 0. The third kappa shape index (κ3) is 3.43. The Hall–Kier alpha value is -1.62. The van der Waals surface area contributed by atoms with E-state index in [2.05, 4.69) is 13.2 Å². The Morgan fingerprint density at radius 3 is 2.50 bits per heavy atom. The van der Waals surface area contributed by atoms with E-state index < -0.39 is 12.0 Å². The van der Waals surface area contributed by atoms with Crippen LogP contribution in [0.5, 0.6) is 0 Å². The van der Waals surface area contributed by atoms with Crippen molar-refractivity contribution < 1.29 is 19.4 Å². The normalized spacial score (nSPS) is 19.6. The van der Waals surface area contributed by atoms with E-state index in [1.807, 2.05) is 0 Å². The fourth-order valence-corrected chi connectivity index (χ4v) is 2.01. The molecule has 0 aliphatic carbocycles. The Bertz CT molecular complexity index is 330. The molecule has 0 aromatic carbocycles. The predicted octanol–water partition coefficient (Wildman–Crippen LogP) is 1.07. The minimum atomic E-state index is -1.03. The molecule has 0 bridgehead atoms. The number of amides is 1. The molecule has 0 aromatic heterocycles. The maximum atomic E-state index is 12.3. The van der Waals surface area contributed by atoms with Crippen LogP contribution >= 0.6 is 0 Å². The van der Waals surface area contributed by atoms with E-state index in [0.29, 0.717) is 26.0 Å². The summed E-state index contributed by atoms with van der Waals surface area (Å²) in [6.07, 6.45) is 4.38. The van der Waals surface area contributed by atoms with Gasteiger partial charge in [-0.1, -0.05) is 12.2 Å². The molecule has 5 heteroatoms. The fourth-order valence-electron chi connectivity index (χ4n) is 2.01. The molecule has 1 aliphatic rings. The lowest BCUT2D eigenvalue weighted by Gasteiger charge is -2.35. The summed E-state index contributed by atoms with van der Waals surface area (Å²) in [5.74, 6) is -1.47. The zero-order chi connectivity index (χ0) is 13.5. The smallest absolute Gasteiger partial charge is 0.328 e. The largest absolute Gasteiger partial charge is 0.480 e. The number of carbonyl (C=O) groups is 2. The number of aliphatic carboxylic acids is 1. The van der Waals surface area contributed by atoms with E-state index >= 15 is 0 Å². The molecule has 0 radical (unpaired) electrons. The number of carbonyl (C=O) groups excluding carboxylic acids is 1. The number of rotatable bonds is 6. The summed E-state index contributed by atoms with van der Waals surface area (Å²) in [6.45, 7) is 7.99. The van der Waals surface area contributed by atoms with Gasteiger partial charge in [-0.15, -0.1) is 13.2 Å². The Balaban J connectivity index is 2.79. The van der Waals surface area contributed by atoms with Gasteiger partial charge in [0.2, 0.25) is 5.91 Å². The highest BCUT2D eigenvalue weighted by atomic mass is 16.5. The van der Waals surface area contributed by atoms with Gasteiger partial charge in [-0.25, -0.2) is 4.79 Å². The summed E-state index contributed by atoms with van der Waals surface area (Å²) < 4.78 is 5.11. The van der Waals surface area contributed by atoms with Crippen molar-refractivity contribution in [3.05, 3.63) is 25.3 Å². The predicted molar refractivity (Wildman–Crippen MR) is 67.1 cm³/mol. The van der Waals surface area contributed by atoms with Crippen LogP contribution in [0.3, 0.4) is 0 Å². The van der Waals surface area contributed by atoms with Crippen molar-refractivity contribution in [2.45, 2.75) is 18.9 Å². The Morgan fingerprint density at radius 2 is 2.00 bits per heavy atom. The van der Waals surface area contributed by atoms with Gasteiger partial charge in [0.05, 0.1) is 13.2 Å². The standard InChI is InChI=1S/C13H19NO4/c1-3-5-10(6-4-2)12(15)14-7-8-18-9-11(14)13(16)17/h3-4,10-11H,1-2,5-9H2,(H,16,17). The number of hydrogen-bond donors (Lipinski definition) is 1. The van der Waals surface area contributed by atoms with Crippen LogP contribution in [0.2, 0.25) is 0 Å². The first-order valence-electron chi connectivity index (χ1n) is 5.94. The van der Waals surface area contributed by atoms with Gasteiger partial charge in [0.1, 0.15) is 0 Å². The highest BCUT2D eigenvalue weighted by Gasteiger charge is 2.35. The molecule has 1 saturated heterocycles. The molecule has 1 unspecified atom stereocenters. The molecule has 1 aliphatic heterocycles. The van der Waals surface area contributed by atoms with Crippen molar-refractivity contribution in [1.29, 1.82) is 0 Å². The molecular weight excluding hydrogens is 234 g/mol. The Labute approximate surface area is 107 Å². The van der Waals surface area contributed by atoms with Crippen molar-refractivity contribution in [2.24, 2.45) is 5.92 Å². The first-order chi connectivity index (χ1) is 8.61. The summed E-state index contributed by atoms with van der Waals surface area (Å²) in [7, 11) is 0. The van der Waals surface area contributed by atoms with Gasteiger partial charge >= 0.3 is 5.97 Å². The van der Waals surface area contributed by atoms with Gasteiger partial charge in [0.25, 0.3) is 0 Å². The van der Waals surface area contributed by atoms with Gasteiger partial charge < -0.3 is 14.7 Å². The van der Waals surface area contributed by atoms with E-state index in [9.17, 15) is 9.59 Å². The molecular formula is C13H19NO4. The van der Waals surface area contributed by atoms with E-state index in [0.717, 1.165) is 0 Å². The van der Waals surface area contributed by atoms with E-state index in [1.165, 1.54) is 4.90 Å². The van der Waals surface area contributed by atoms with Crippen molar-refractivity contribution in [3.63, 3.8) is 0 Å². The highest BCUT2D eigenvalue weighted by Crippen LogP contribution is 2.18. The second-order valence-electron chi connectivity index (χ2n) is 4.21. The Kier molecular flexibility index (Phi) is 5.58. The molecule has 0 saturated carbocycles. The Morgan fingerprint density at radius 1 is 1.39 bits per heavy atom. The number of carboxylic acid groups (broad SMARTS) is 1. The molecule has 1 amide bonds. The number of ether oxygens (including phenoxy) is 1. The van der Waals surface area contributed by atoms with E-state index in [4.69, 9.17) is 9.84 Å². The van der Waals surface area contributed by atoms with Crippen LogP contribution in [0.4, 0.5) is 0 Å². The summed E-state index contributed by atoms with van der Waals surface area (Å²) in [5.41, 5.74) is 0. The molecule has 0 aromatic rings. The number of hydrogen-bond acceptors (Lipinski definition) is 3. The molecule has 1 N–H and O–H groups in total. The van der Waals surface area contributed by atoms with Gasteiger partial charge in [-0.05, 0) is 12.8 Å². The lowest BCUT2D eigenvalue weighted by molar-refractivity contribution is -0.160. The lowest BCUT2D eigenvalue weighted by Crippen LogP contribution is -2.54. The van der Waals surface area contributed by atoms with Crippen LogP contribution in [0.15, 0.2) is 25.3 Å². The minimum absolute atomic E-state index is 0.0516. The number of nitrogens with zero attached hydrogens (tertiary/aromatic N) is 1. The van der Waals surface area contributed by atoms with E-state index in [-0.39, 0.29) is 18.4 Å². The molecule has 0 spiro atoms. The second kappa shape index (κ2) is 6.96. The average molecular weight is 253 g/mol. The summed E-state index contributed by atoms with van der Waals surface area (Å²) in [5, 5.41) is 9.08. The quantitative estimate of drug-likeness (QED) is 0.719. The van der Waals surface area contributed by atoms with Crippen LogP contribution in [0.1, 0.15) is 12.8 Å². The third-order valence-corrected chi connectivity index (χ3v) is 2.95. The van der Waals surface area contributed by atoms with Gasteiger partial charge in [0.15, 0.2) is 6.04 Å². The maximum absolute atomic E-state index is 12.3. The van der Waals surface area contributed by atoms with Crippen LogP contribution in [0.25, 0.3) is 0 Å². The fraction of sp³-hybridized carbons (Fsp3) is 0.538. The monoisotopic (exact) mass is 253 g/mol. The van der Waals surface area contributed by atoms with Crippen molar-refractivity contribution >= 4 is 11.9 Å². The average Bonchev–Trinajstić information content (AvgIpc) is 2.37. The maximum Gasteiger partial charge on any atom is 0.328 e. The lowest BCUT2D eigenvalue weighted by atomic mass is 9.98. The zero-order valence-electron chi connectivity index (χ0n) is 10.4. The molecule has 1 atom stereocenters. The third-order valence-electron chi connectivity index (χ3n) is 2.95. The molecule has 5 nitrogen and oxygen atoms in total. The topological polar surface area (TPSA) is 66.8 Å². The first-order valence-corrected chi connectivity index (χ1v) is 5.94. The molecule has 100 valence electrons. The molecule has 1 rings (SSSR count). The summed E-state index contributed by atoms with van der Waals surface area (Å²) in [6, 6.07) is -0.886. The number of morpholine rings is 1. The van der Waals surface area contributed by atoms with Gasteiger partial charge in [-0.3, -0.25) is 4.79 Å². The van der Waals surface area contributed by atoms with Crippen molar-refractivity contribution in [1.82, 2.24) is 4.90 Å². The highest BCUT2D eigenvalue weighted by molar-refractivity contribution is 5.85. The minimum Gasteiger partial charge on any atom is -0.480 e. The van der Waals surface area contributed by atoms with Gasteiger partial charge in [-0.2, -0.15) is 0 Å². The van der Waals surface area contributed by atoms with Crippen LogP contribution in [0, 0.1) is 5.92 Å². The van der Waals surface area contributed by atoms with Crippen molar-refractivity contribution in [2.75, 3.05) is 19.8 Å². The van der Waals surface area contributed by atoms with Crippen LogP contribution < -0.4 is 0 Å². The van der Waals surface area contributed by atoms with Crippen LogP contribution in [-0.4, -0.2) is 47.7 Å². The molecule has 1 fully saturated rings. The number of carboxylic acids is 1. The molecule has 1 heterocycles. The molecule has 18 heavy (non-hydrogen) atoms. The van der Waals surface area contributed by atoms with E-state index in [1.54, 1.807) is 12.2 Å². The van der Waals surface area contributed by atoms with Crippen LogP contribution in [-0.2, 0) is 14.3 Å². The van der Waals surface area contributed by atoms with Gasteiger partial charge in [0, 0.05) is 12.5 Å². The number of allylic oxidation sites excluding steroid dienone is 2.